The van der Waals surface area contributed by atoms with E-state index in [1.165, 1.54) is 12.3 Å². The van der Waals surface area contributed by atoms with E-state index in [0.29, 0.717) is 17.4 Å². The minimum Gasteiger partial charge on any atom is -0.392 e. The van der Waals surface area contributed by atoms with Crippen molar-refractivity contribution in [3.63, 3.8) is 0 Å². The number of amides is 1. The van der Waals surface area contributed by atoms with Gasteiger partial charge in [-0.3, -0.25) is 4.79 Å². The SMILES string of the molecule is C[C@@H](O)CN(C)c1ncc(C(N)=O)cc1Cl. The number of aliphatic hydroxyl groups excluding tert-OH is 1. The molecule has 1 aromatic rings. The van der Waals surface area contributed by atoms with Gasteiger partial charge >= 0.3 is 0 Å². The van der Waals surface area contributed by atoms with E-state index < -0.39 is 12.0 Å². The second-order valence-electron chi connectivity index (χ2n) is 3.62. The summed E-state index contributed by atoms with van der Waals surface area (Å²) in [5, 5.41) is 9.56. The highest BCUT2D eigenvalue weighted by Gasteiger charge is 2.12. The van der Waals surface area contributed by atoms with Crippen LogP contribution in [0.2, 0.25) is 5.02 Å². The van der Waals surface area contributed by atoms with Crippen molar-refractivity contribution in [1.29, 1.82) is 0 Å². The molecule has 0 fully saturated rings. The van der Waals surface area contributed by atoms with E-state index in [-0.39, 0.29) is 5.56 Å². The summed E-state index contributed by atoms with van der Waals surface area (Å²) in [5.74, 6) is -0.0632. The van der Waals surface area contributed by atoms with Crippen LogP contribution >= 0.6 is 11.6 Å². The number of hydrogen-bond acceptors (Lipinski definition) is 4. The maximum absolute atomic E-state index is 10.9. The number of primary amides is 1. The Morgan fingerprint density at radius 2 is 2.38 bits per heavy atom. The van der Waals surface area contributed by atoms with E-state index >= 15 is 0 Å². The summed E-state index contributed by atoms with van der Waals surface area (Å²) in [7, 11) is 1.75. The second-order valence-corrected chi connectivity index (χ2v) is 4.03. The smallest absolute Gasteiger partial charge is 0.250 e. The molecule has 0 saturated carbocycles. The third kappa shape index (κ3) is 3.08. The predicted molar refractivity (Wildman–Crippen MR) is 62.7 cm³/mol. The molecule has 0 bridgehead atoms. The average molecular weight is 244 g/mol. The van der Waals surface area contributed by atoms with Crippen LogP contribution in [0.3, 0.4) is 0 Å². The van der Waals surface area contributed by atoms with Gasteiger partial charge in [0, 0.05) is 19.8 Å². The van der Waals surface area contributed by atoms with Crippen LogP contribution in [0.25, 0.3) is 0 Å². The number of pyridine rings is 1. The number of hydrogen-bond donors (Lipinski definition) is 2. The first-order valence-electron chi connectivity index (χ1n) is 4.76. The number of anilines is 1. The number of halogens is 1. The first kappa shape index (κ1) is 12.7. The zero-order chi connectivity index (χ0) is 12.3. The fraction of sp³-hybridized carbons (Fsp3) is 0.400. The third-order valence-corrected chi connectivity index (χ3v) is 2.28. The van der Waals surface area contributed by atoms with Gasteiger partial charge in [0.05, 0.1) is 16.7 Å². The standard InChI is InChI=1S/C10H14ClN3O2/c1-6(15)5-14(2)10-8(11)3-7(4-13-10)9(12)16/h3-4,6,15H,5H2,1-2H3,(H2,12,16)/t6-/m1/s1. The van der Waals surface area contributed by atoms with Crippen molar-refractivity contribution < 1.29 is 9.90 Å². The van der Waals surface area contributed by atoms with Crippen molar-refractivity contribution in [2.24, 2.45) is 5.73 Å². The lowest BCUT2D eigenvalue weighted by Crippen LogP contribution is -2.28. The van der Waals surface area contributed by atoms with Crippen LogP contribution in [-0.2, 0) is 0 Å². The summed E-state index contributed by atoms with van der Waals surface area (Å²) >= 11 is 5.96. The molecular formula is C10H14ClN3O2. The van der Waals surface area contributed by atoms with Gasteiger partial charge in [0.25, 0.3) is 0 Å². The van der Waals surface area contributed by atoms with Crippen molar-refractivity contribution in [2.45, 2.75) is 13.0 Å². The zero-order valence-electron chi connectivity index (χ0n) is 9.14. The van der Waals surface area contributed by atoms with Gasteiger partial charge in [-0.15, -0.1) is 0 Å². The highest BCUT2D eigenvalue weighted by Crippen LogP contribution is 2.23. The molecule has 0 aliphatic heterocycles. The Bertz CT molecular complexity index is 396. The van der Waals surface area contributed by atoms with Gasteiger partial charge in [0.15, 0.2) is 0 Å². The molecule has 1 atom stereocenters. The fourth-order valence-electron chi connectivity index (χ4n) is 1.33. The zero-order valence-corrected chi connectivity index (χ0v) is 9.90. The van der Waals surface area contributed by atoms with Crippen LogP contribution in [-0.4, -0.2) is 35.7 Å². The van der Waals surface area contributed by atoms with Crippen molar-refractivity contribution in [3.8, 4) is 0 Å². The average Bonchev–Trinajstić information content (AvgIpc) is 2.15. The number of aliphatic hydroxyl groups is 1. The topological polar surface area (TPSA) is 79.4 Å². The Morgan fingerprint density at radius 3 is 2.81 bits per heavy atom. The predicted octanol–water partition coefficient (Wildman–Crippen LogP) is 0.651. The van der Waals surface area contributed by atoms with E-state index in [2.05, 4.69) is 4.98 Å². The monoisotopic (exact) mass is 243 g/mol. The lowest BCUT2D eigenvalue weighted by atomic mass is 10.2. The van der Waals surface area contributed by atoms with E-state index in [9.17, 15) is 9.90 Å². The second kappa shape index (κ2) is 5.14. The Morgan fingerprint density at radius 1 is 1.75 bits per heavy atom. The lowest BCUT2D eigenvalue weighted by Gasteiger charge is -2.20. The van der Waals surface area contributed by atoms with Gasteiger partial charge < -0.3 is 15.7 Å². The molecule has 88 valence electrons. The Kier molecular flexibility index (Phi) is 4.09. The first-order chi connectivity index (χ1) is 7.41. The number of rotatable bonds is 4. The van der Waals surface area contributed by atoms with Gasteiger partial charge in [0.2, 0.25) is 5.91 Å². The third-order valence-electron chi connectivity index (χ3n) is 2.01. The Balaban J connectivity index is 2.94. The van der Waals surface area contributed by atoms with E-state index in [1.54, 1.807) is 18.9 Å². The van der Waals surface area contributed by atoms with E-state index in [4.69, 9.17) is 17.3 Å². The molecule has 0 radical (unpaired) electrons. The van der Waals surface area contributed by atoms with Gasteiger partial charge in [-0.2, -0.15) is 0 Å². The first-order valence-corrected chi connectivity index (χ1v) is 5.14. The Labute approximate surface area is 98.8 Å². The molecule has 16 heavy (non-hydrogen) atoms. The molecule has 0 aromatic carbocycles. The van der Waals surface area contributed by atoms with E-state index in [0.717, 1.165) is 0 Å². The molecule has 0 spiro atoms. The number of aromatic nitrogens is 1. The summed E-state index contributed by atoms with van der Waals surface area (Å²) < 4.78 is 0. The largest absolute Gasteiger partial charge is 0.392 e. The van der Waals surface area contributed by atoms with Gasteiger partial charge in [-0.25, -0.2) is 4.98 Å². The van der Waals surface area contributed by atoms with E-state index in [1.807, 2.05) is 0 Å². The van der Waals surface area contributed by atoms with Gasteiger partial charge in [-0.05, 0) is 13.0 Å². The molecule has 3 N–H and O–H groups in total. The molecule has 1 heterocycles. The van der Waals surface area contributed by atoms with Crippen LogP contribution in [0, 0.1) is 0 Å². The number of nitrogens with two attached hydrogens (primary N) is 1. The molecule has 0 unspecified atom stereocenters. The summed E-state index contributed by atoms with van der Waals surface area (Å²) in [5.41, 5.74) is 5.36. The highest BCUT2D eigenvalue weighted by molar-refractivity contribution is 6.33. The molecule has 0 aliphatic carbocycles. The highest BCUT2D eigenvalue weighted by atomic mass is 35.5. The number of carbonyl (C=O) groups excluding carboxylic acids is 1. The van der Waals surface area contributed by atoms with Crippen molar-refractivity contribution >= 4 is 23.3 Å². The summed E-state index contributed by atoms with van der Waals surface area (Å²) in [6, 6.07) is 1.46. The number of nitrogens with zero attached hydrogens (tertiary/aromatic N) is 2. The van der Waals surface area contributed by atoms with Gasteiger partial charge in [0.1, 0.15) is 5.82 Å². The molecule has 0 aliphatic rings. The van der Waals surface area contributed by atoms with Crippen LogP contribution in [0.5, 0.6) is 0 Å². The van der Waals surface area contributed by atoms with Crippen molar-refractivity contribution in [1.82, 2.24) is 4.98 Å². The molecular weight excluding hydrogens is 230 g/mol. The molecule has 1 amide bonds. The summed E-state index contributed by atoms with van der Waals surface area (Å²) in [4.78, 5) is 16.6. The van der Waals surface area contributed by atoms with Crippen molar-refractivity contribution in [3.05, 3.63) is 22.8 Å². The minimum atomic E-state index is -0.570. The van der Waals surface area contributed by atoms with Crippen LogP contribution in [0.4, 0.5) is 5.82 Å². The summed E-state index contributed by atoms with van der Waals surface area (Å²) in [6.07, 6.45) is 0.876. The fourth-order valence-corrected chi connectivity index (χ4v) is 1.64. The molecule has 1 rings (SSSR count). The number of likely N-dealkylation sites (N-methyl/N-ethyl adjacent to an activating group) is 1. The molecule has 6 heteroatoms. The molecule has 5 nitrogen and oxygen atoms in total. The summed E-state index contributed by atoms with van der Waals surface area (Å²) in [6.45, 7) is 2.07. The quantitative estimate of drug-likeness (QED) is 0.814. The molecule has 0 saturated heterocycles. The van der Waals surface area contributed by atoms with Gasteiger partial charge in [-0.1, -0.05) is 11.6 Å². The van der Waals surface area contributed by atoms with Crippen LogP contribution in [0.1, 0.15) is 17.3 Å². The lowest BCUT2D eigenvalue weighted by molar-refractivity contribution is 0.1000. The Hall–Kier alpha value is -1.33. The molecule has 1 aromatic heterocycles. The minimum absolute atomic E-state index is 0.263. The maximum atomic E-state index is 10.9. The maximum Gasteiger partial charge on any atom is 0.250 e. The van der Waals surface area contributed by atoms with Crippen molar-refractivity contribution in [2.75, 3.05) is 18.5 Å². The van der Waals surface area contributed by atoms with Crippen LogP contribution in [0.15, 0.2) is 12.3 Å². The van der Waals surface area contributed by atoms with Crippen LogP contribution < -0.4 is 10.6 Å². The normalized spacial score (nSPS) is 12.2. The number of carbonyl (C=O) groups is 1.